The van der Waals surface area contributed by atoms with E-state index in [1.54, 1.807) is 4.90 Å². The summed E-state index contributed by atoms with van der Waals surface area (Å²) < 4.78 is 28.7. The number of hydrogen-bond acceptors (Lipinski definition) is 5. The number of ether oxygens (including phenoxy) is 1. The van der Waals surface area contributed by atoms with E-state index in [9.17, 15) is 18.4 Å². The fraction of sp³-hybridized carbons (Fsp3) is 0.286. The summed E-state index contributed by atoms with van der Waals surface area (Å²) in [7, 11) is 0. The van der Waals surface area contributed by atoms with E-state index < -0.39 is 6.61 Å². The molecule has 1 aliphatic rings. The summed E-state index contributed by atoms with van der Waals surface area (Å²) in [4.78, 5) is 28.8. The molecule has 8 nitrogen and oxygen atoms in total. The van der Waals surface area contributed by atoms with E-state index >= 15 is 0 Å². The third kappa shape index (κ3) is 4.97. The SMILES string of the molecule is O=C(CN1CCN(C(=O)c2n[nH]c3ccccc23)CC1)Nc1ccc(OC(F)F)cc1. The van der Waals surface area contributed by atoms with Crippen LogP contribution in [0.2, 0.25) is 0 Å². The number of hydrogen-bond donors (Lipinski definition) is 2. The van der Waals surface area contributed by atoms with Gasteiger partial charge in [0.2, 0.25) is 5.91 Å². The van der Waals surface area contributed by atoms with Gasteiger partial charge in [0, 0.05) is 37.3 Å². The van der Waals surface area contributed by atoms with Gasteiger partial charge in [0.25, 0.3) is 5.91 Å². The Hall–Kier alpha value is -3.53. The largest absolute Gasteiger partial charge is 0.435 e. The summed E-state index contributed by atoms with van der Waals surface area (Å²) in [5.41, 5.74) is 1.71. The first-order valence-electron chi connectivity index (χ1n) is 9.79. The minimum atomic E-state index is -2.89. The van der Waals surface area contributed by atoms with Gasteiger partial charge >= 0.3 is 6.61 Å². The number of halogens is 2. The number of carbonyl (C=O) groups excluding carboxylic acids is 2. The number of alkyl halides is 2. The Labute approximate surface area is 176 Å². The van der Waals surface area contributed by atoms with Gasteiger partial charge in [-0.15, -0.1) is 0 Å². The van der Waals surface area contributed by atoms with Crippen molar-refractivity contribution < 1.29 is 23.1 Å². The van der Waals surface area contributed by atoms with Crippen LogP contribution < -0.4 is 10.1 Å². The van der Waals surface area contributed by atoms with Crippen molar-refractivity contribution in [2.75, 3.05) is 38.0 Å². The zero-order valence-electron chi connectivity index (χ0n) is 16.6. The Kier molecular flexibility index (Phi) is 6.08. The first-order valence-corrected chi connectivity index (χ1v) is 9.79. The molecule has 1 aliphatic heterocycles. The number of amides is 2. The first kappa shape index (κ1) is 20.7. The van der Waals surface area contributed by atoms with Crippen molar-refractivity contribution in [1.82, 2.24) is 20.0 Å². The number of nitrogens with one attached hydrogen (secondary N) is 2. The highest BCUT2D eigenvalue weighted by Gasteiger charge is 2.26. The number of H-pyrrole nitrogens is 1. The van der Waals surface area contributed by atoms with Crippen LogP contribution in [0.1, 0.15) is 10.5 Å². The lowest BCUT2D eigenvalue weighted by molar-refractivity contribution is -0.117. The minimum Gasteiger partial charge on any atom is -0.435 e. The van der Waals surface area contributed by atoms with Gasteiger partial charge in [-0.1, -0.05) is 18.2 Å². The van der Waals surface area contributed by atoms with Crippen LogP contribution in [0.15, 0.2) is 48.5 Å². The van der Waals surface area contributed by atoms with Crippen LogP contribution in [0.25, 0.3) is 10.9 Å². The second-order valence-corrected chi connectivity index (χ2v) is 7.14. The summed E-state index contributed by atoms with van der Waals surface area (Å²) in [5, 5.41) is 10.6. The molecule has 0 saturated carbocycles. The van der Waals surface area contributed by atoms with Gasteiger partial charge < -0.3 is 15.0 Å². The molecule has 1 fully saturated rings. The third-order valence-corrected chi connectivity index (χ3v) is 5.06. The van der Waals surface area contributed by atoms with Gasteiger partial charge in [-0.05, 0) is 30.3 Å². The molecule has 0 radical (unpaired) electrons. The van der Waals surface area contributed by atoms with Crippen molar-refractivity contribution in [1.29, 1.82) is 0 Å². The zero-order chi connectivity index (χ0) is 21.8. The Morgan fingerprint density at radius 1 is 1.06 bits per heavy atom. The fourth-order valence-electron chi connectivity index (χ4n) is 3.51. The van der Waals surface area contributed by atoms with E-state index in [1.807, 2.05) is 29.2 Å². The number of rotatable bonds is 6. The van der Waals surface area contributed by atoms with E-state index in [4.69, 9.17) is 0 Å². The number of aromatic nitrogens is 2. The standard InChI is InChI=1S/C21H21F2N5O3/c22-21(23)31-15-7-5-14(6-8-15)24-18(29)13-27-9-11-28(12-10-27)20(30)19-16-3-1-2-4-17(16)25-26-19/h1-8,21H,9-13H2,(H,24,29)(H,25,26). The molecule has 2 N–H and O–H groups in total. The number of anilines is 1. The molecule has 4 rings (SSSR count). The number of carbonyl (C=O) groups is 2. The molecule has 0 atom stereocenters. The molecule has 162 valence electrons. The van der Waals surface area contributed by atoms with Crippen molar-refractivity contribution in [3.63, 3.8) is 0 Å². The zero-order valence-corrected chi connectivity index (χ0v) is 16.6. The number of nitrogens with zero attached hydrogens (tertiary/aromatic N) is 3. The van der Waals surface area contributed by atoms with E-state index in [0.717, 1.165) is 10.9 Å². The molecule has 2 heterocycles. The molecule has 1 aromatic heterocycles. The van der Waals surface area contributed by atoms with Crippen molar-refractivity contribution in [3.05, 3.63) is 54.2 Å². The van der Waals surface area contributed by atoms with Gasteiger partial charge in [0.1, 0.15) is 5.75 Å². The molecule has 3 aromatic rings. The Morgan fingerprint density at radius 2 is 1.77 bits per heavy atom. The predicted octanol–water partition coefficient (Wildman–Crippen LogP) is 2.56. The quantitative estimate of drug-likeness (QED) is 0.629. The maximum absolute atomic E-state index is 12.8. The van der Waals surface area contributed by atoms with Crippen LogP contribution >= 0.6 is 0 Å². The average Bonchev–Trinajstić information content (AvgIpc) is 3.19. The van der Waals surface area contributed by atoms with Crippen LogP contribution in [-0.4, -0.2) is 71.1 Å². The highest BCUT2D eigenvalue weighted by atomic mass is 19.3. The summed E-state index contributed by atoms with van der Waals surface area (Å²) >= 11 is 0. The van der Waals surface area contributed by atoms with Crippen molar-refractivity contribution in [3.8, 4) is 5.75 Å². The molecule has 2 amide bonds. The lowest BCUT2D eigenvalue weighted by atomic mass is 10.2. The van der Waals surface area contributed by atoms with Crippen LogP contribution in [0.5, 0.6) is 5.75 Å². The number of fused-ring (bicyclic) bond motifs is 1. The molecular weight excluding hydrogens is 408 g/mol. The van der Waals surface area contributed by atoms with Crippen molar-refractivity contribution >= 4 is 28.4 Å². The Morgan fingerprint density at radius 3 is 2.48 bits per heavy atom. The number of aromatic amines is 1. The van der Waals surface area contributed by atoms with Crippen LogP contribution in [0.3, 0.4) is 0 Å². The summed E-state index contributed by atoms with van der Waals surface area (Å²) in [6, 6.07) is 13.2. The van der Waals surface area contributed by atoms with Gasteiger partial charge in [0.05, 0.1) is 12.1 Å². The lowest BCUT2D eigenvalue weighted by Crippen LogP contribution is -2.50. The summed E-state index contributed by atoms with van der Waals surface area (Å²) in [6.07, 6.45) is 0. The Balaban J connectivity index is 1.27. The highest BCUT2D eigenvalue weighted by molar-refractivity contribution is 6.04. The second-order valence-electron chi connectivity index (χ2n) is 7.14. The number of benzene rings is 2. The van der Waals surface area contributed by atoms with E-state index in [2.05, 4.69) is 20.3 Å². The first-order chi connectivity index (χ1) is 15.0. The van der Waals surface area contributed by atoms with Gasteiger partial charge in [0.15, 0.2) is 5.69 Å². The molecule has 10 heteroatoms. The maximum atomic E-state index is 12.8. The minimum absolute atomic E-state index is 0.0264. The van der Waals surface area contributed by atoms with Gasteiger partial charge in [-0.3, -0.25) is 19.6 Å². The molecule has 0 spiro atoms. The molecule has 2 aromatic carbocycles. The normalized spacial score (nSPS) is 14.7. The van der Waals surface area contributed by atoms with E-state index in [-0.39, 0.29) is 24.1 Å². The number of piperazine rings is 1. The molecule has 0 bridgehead atoms. The van der Waals surface area contributed by atoms with Crippen molar-refractivity contribution in [2.45, 2.75) is 6.61 Å². The second kappa shape index (κ2) is 9.09. The topological polar surface area (TPSA) is 90.6 Å². The molecule has 0 unspecified atom stereocenters. The van der Waals surface area contributed by atoms with Crippen LogP contribution in [0.4, 0.5) is 14.5 Å². The molecule has 31 heavy (non-hydrogen) atoms. The average molecular weight is 429 g/mol. The van der Waals surface area contributed by atoms with E-state index in [0.29, 0.717) is 37.6 Å². The summed E-state index contributed by atoms with van der Waals surface area (Å²) in [5.74, 6) is -0.327. The van der Waals surface area contributed by atoms with Gasteiger partial charge in [-0.25, -0.2) is 0 Å². The monoisotopic (exact) mass is 429 g/mol. The smallest absolute Gasteiger partial charge is 0.387 e. The summed E-state index contributed by atoms with van der Waals surface area (Å²) in [6.45, 7) is -0.619. The van der Waals surface area contributed by atoms with Crippen molar-refractivity contribution in [2.24, 2.45) is 0 Å². The third-order valence-electron chi connectivity index (χ3n) is 5.06. The maximum Gasteiger partial charge on any atom is 0.387 e. The molecule has 1 saturated heterocycles. The molecular formula is C21H21F2N5O3. The Bertz CT molecular complexity index is 1060. The lowest BCUT2D eigenvalue weighted by Gasteiger charge is -2.34. The van der Waals surface area contributed by atoms with Crippen LogP contribution in [0, 0.1) is 0 Å². The van der Waals surface area contributed by atoms with Crippen LogP contribution in [-0.2, 0) is 4.79 Å². The van der Waals surface area contributed by atoms with E-state index in [1.165, 1.54) is 24.3 Å². The highest BCUT2D eigenvalue weighted by Crippen LogP contribution is 2.19. The van der Waals surface area contributed by atoms with Gasteiger partial charge in [-0.2, -0.15) is 13.9 Å². The molecule has 0 aliphatic carbocycles. The number of para-hydroxylation sites is 1. The fourth-order valence-corrected chi connectivity index (χ4v) is 3.51. The predicted molar refractivity (Wildman–Crippen MR) is 110 cm³/mol.